The first kappa shape index (κ1) is 29.2. The summed E-state index contributed by atoms with van der Waals surface area (Å²) in [4.78, 5) is 5.28. The van der Waals surface area contributed by atoms with Crippen LogP contribution in [-0.2, 0) is 10.8 Å². The lowest BCUT2D eigenvalue weighted by molar-refractivity contribution is 0.112. The van der Waals surface area contributed by atoms with Gasteiger partial charge in [-0.25, -0.2) is 0 Å². The van der Waals surface area contributed by atoms with Crippen molar-refractivity contribution >= 4 is 0 Å². The Hall–Kier alpha value is -0.860. The van der Waals surface area contributed by atoms with E-state index in [0.717, 1.165) is 0 Å². The highest BCUT2D eigenvalue weighted by Gasteiger charge is 2.20. The zero-order valence-electron chi connectivity index (χ0n) is 23.9. The van der Waals surface area contributed by atoms with Crippen molar-refractivity contribution in [2.45, 2.75) is 107 Å². The molecule has 1 heterocycles. The summed E-state index contributed by atoms with van der Waals surface area (Å²) in [6.07, 6.45) is 2.63. The Bertz CT molecular complexity index is 578. The summed E-state index contributed by atoms with van der Waals surface area (Å²) in [6, 6.07) is 9.00. The maximum absolute atomic E-state index is 2.64. The van der Waals surface area contributed by atoms with Crippen molar-refractivity contribution in [3.63, 3.8) is 0 Å². The van der Waals surface area contributed by atoms with E-state index in [1.54, 1.807) is 0 Å². The molecule has 0 atom stereocenters. The first-order chi connectivity index (χ1) is 14.4. The van der Waals surface area contributed by atoms with Gasteiger partial charge < -0.3 is 9.80 Å². The van der Waals surface area contributed by atoms with Crippen LogP contribution in [0, 0.1) is 10.8 Å². The molecule has 0 N–H and O–H groups in total. The molecular formula is C30H56N2. The van der Waals surface area contributed by atoms with E-state index in [1.165, 1.54) is 63.2 Å². The van der Waals surface area contributed by atoms with Crippen molar-refractivity contribution in [1.82, 2.24) is 9.80 Å². The predicted molar refractivity (Wildman–Crippen MR) is 145 cm³/mol. The minimum Gasteiger partial charge on any atom is -0.301 e. The van der Waals surface area contributed by atoms with Crippen LogP contribution in [0.25, 0.3) is 0 Å². The summed E-state index contributed by atoms with van der Waals surface area (Å²) < 4.78 is 0. The van der Waals surface area contributed by atoms with E-state index in [4.69, 9.17) is 0 Å². The smallest absolute Gasteiger partial charge is 0.0110 e. The van der Waals surface area contributed by atoms with Crippen molar-refractivity contribution in [1.29, 1.82) is 0 Å². The first-order valence-electron chi connectivity index (χ1n) is 12.9. The van der Waals surface area contributed by atoms with Crippen LogP contribution in [0.3, 0.4) is 0 Å². The van der Waals surface area contributed by atoms with Crippen molar-refractivity contribution in [3.05, 3.63) is 35.4 Å². The first-order valence-corrected chi connectivity index (χ1v) is 12.9. The molecule has 1 aromatic rings. The summed E-state index contributed by atoms with van der Waals surface area (Å²) in [6.45, 7) is 35.1. The fourth-order valence-electron chi connectivity index (χ4n) is 3.69. The minimum atomic E-state index is 0.260. The summed E-state index contributed by atoms with van der Waals surface area (Å²) in [5.41, 5.74) is 4.29. The second kappa shape index (κ2) is 11.5. The lowest BCUT2D eigenvalue weighted by Gasteiger charge is -2.37. The SMILES string of the molecule is CC(C)(C)CCN1CCN(CCC(C)(C)C)CC1.CC(C)(C)c1ccc(C(C)(C)C)cc1. The van der Waals surface area contributed by atoms with Gasteiger partial charge in [0.25, 0.3) is 0 Å². The lowest BCUT2D eigenvalue weighted by atomic mass is 9.82. The third-order valence-electron chi connectivity index (χ3n) is 6.44. The van der Waals surface area contributed by atoms with E-state index in [2.05, 4.69) is 117 Å². The van der Waals surface area contributed by atoms with Gasteiger partial charge in [0.2, 0.25) is 0 Å². The van der Waals surface area contributed by atoms with Crippen LogP contribution in [-0.4, -0.2) is 49.1 Å². The number of rotatable bonds is 4. The molecule has 0 amide bonds. The molecule has 0 saturated carbocycles. The predicted octanol–water partition coefficient (Wildman–Crippen LogP) is 7.76. The van der Waals surface area contributed by atoms with Crippen molar-refractivity contribution in [2.24, 2.45) is 10.8 Å². The molecule has 2 nitrogen and oxygen atoms in total. The summed E-state index contributed by atoms with van der Waals surface area (Å²) >= 11 is 0. The Kier molecular flexibility index (Phi) is 10.5. The molecule has 1 saturated heterocycles. The number of hydrogen-bond acceptors (Lipinski definition) is 2. The minimum absolute atomic E-state index is 0.260. The zero-order valence-corrected chi connectivity index (χ0v) is 23.9. The van der Waals surface area contributed by atoms with Crippen LogP contribution in [0.15, 0.2) is 24.3 Å². The van der Waals surface area contributed by atoms with E-state index < -0.39 is 0 Å². The highest BCUT2D eigenvalue weighted by Crippen LogP contribution is 2.27. The fraction of sp³-hybridized carbons (Fsp3) is 0.800. The molecule has 0 spiro atoms. The Balaban J connectivity index is 0.000000330. The van der Waals surface area contributed by atoms with E-state index in [-0.39, 0.29) is 10.8 Å². The van der Waals surface area contributed by atoms with Gasteiger partial charge in [-0.1, -0.05) is 107 Å². The highest BCUT2D eigenvalue weighted by atomic mass is 15.3. The second-order valence-corrected chi connectivity index (χ2v) is 14.4. The average molecular weight is 445 g/mol. The average Bonchev–Trinajstić information content (AvgIpc) is 2.64. The van der Waals surface area contributed by atoms with Crippen molar-refractivity contribution < 1.29 is 0 Å². The summed E-state index contributed by atoms with van der Waals surface area (Å²) in [5.74, 6) is 0. The summed E-state index contributed by atoms with van der Waals surface area (Å²) in [7, 11) is 0. The van der Waals surface area contributed by atoms with Gasteiger partial charge in [-0.05, 0) is 58.7 Å². The van der Waals surface area contributed by atoms with Crippen molar-refractivity contribution in [2.75, 3.05) is 39.3 Å². The Labute approximate surface area is 202 Å². The van der Waals surface area contributed by atoms with Gasteiger partial charge in [-0.15, -0.1) is 0 Å². The van der Waals surface area contributed by atoms with Crippen LogP contribution in [0.5, 0.6) is 0 Å². The van der Waals surface area contributed by atoms with Gasteiger partial charge in [-0.2, -0.15) is 0 Å². The molecule has 1 aliphatic heterocycles. The molecule has 1 fully saturated rings. The third kappa shape index (κ3) is 12.4. The van der Waals surface area contributed by atoms with Gasteiger partial charge in [0.05, 0.1) is 0 Å². The topological polar surface area (TPSA) is 6.48 Å². The standard InChI is InChI=1S/C16H34N2.C14H22/c1-15(2,3)7-9-17-11-13-18(14-12-17)10-8-16(4,5)6;1-13(2,3)11-7-9-12(10-8-11)14(4,5)6/h7-14H2,1-6H3;7-10H,1-6H3. The fourth-order valence-corrected chi connectivity index (χ4v) is 3.69. The zero-order chi connectivity index (χ0) is 24.8. The number of benzene rings is 1. The molecule has 1 aromatic carbocycles. The molecule has 32 heavy (non-hydrogen) atoms. The van der Waals surface area contributed by atoms with E-state index in [9.17, 15) is 0 Å². The van der Waals surface area contributed by atoms with E-state index in [1.807, 2.05) is 0 Å². The quantitative estimate of drug-likeness (QED) is 0.468. The molecule has 0 radical (unpaired) electrons. The van der Waals surface area contributed by atoms with Crippen LogP contribution in [0.4, 0.5) is 0 Å². The van der Waals surface area contributed by atoms with Gasteiger partial charge in [0.1, 0.15) is 0 Å². The highest BCUT2D eigenvalue weighted by molar-refractivity contribution is 5.30. The number of hydrogen-bond donors (Lipinski definition) is 0. The molecule has 0 unspecified atom stereocenters. The lowest BCUT2D eigenvalue weighted by Crippen LogP contribution is -2.47. The van der Waals surface area contributed by atoms with Gasteiger partial charge in [0, 0.05) is 26.2 Å². The van der Waals surface area contributed by atoms with E-state index in [0.29, 0.717) is 10.8 Å². The molecule has 0 aliphatic carbocycles. The number of piperazine rings is 1. The molecule has 2 heteroatoms. The molecule has 0 aromatic heterocycles. The van der Waals surface area contributed by atoms with Crippen LogP contribution >= 0.6 is 0 Å². The van der Waals surface area contributed by atoms with E-state index >= 15 is 0 Å². The van der Waals surface area contributed by atoms with Gasteiger partial charge in [-0.3, -0.25) is 0 Å². The Morgan fingerprint density at radius 2 is 0.750 bits per heavy atom. The largest absolute Gasteiger partial charge is 0.301 e. The van der Waals surface area contributed by atoms with Crippen LogP contribution in [0.1, 0.15) is 107 Å². The molecule has 0 bridgehead atoms. The number of nitrogens with zero attached hydrogens (tertiary/aromatic N) is 2. The second-order valence-electron chi connectivity index (χ2n) is 14.4. The summed E-state index contributed by atoms with van der Waals surface area (Å²) in [5, 5.41) is 0. The maximum atomic E-state index is 2.64. The normalized spacial score (nSPS) is 17.1. The molecule has 1 aliphatic rings. The monoisotopic (exact) mass is 444 g/mol. The van der Waals surface area contributed by atoms with Crippen molar-refractivity contribution in [3.8, 4) is 0 Å². The van der Waals surface area contributed by atoms with Gasteiger partial charge in [0.15, 0.2) is 0 Å². The van der Waals surface area contributed by atoms with Crippen LogP contribution < -0.4 is 0 Å². The molecule has 186 valence electrons. The Morgan fingerprint density at radius 3 is 0.938 bits per heavy atom. The molecule has 2 rings (SSSR count). The Morgan fingerprint density at radius 1 is 0.500 bits per heavy atom. The molecular weight excluding hydrogens is 388 g/mol. The third-order valence-corrected chi connectivity index (χ3v) is 6.44. The van der Waals surface area contributed by atoms with Gasteiger partial charge >= 0.3 is 0 Å². The van der Waals surface area contributed by atoms with Crippen LogP contribution in [0.2, 0.25) is 0 Å². The maximum Gasteiger partial charge on any atom is 0.0110 e.